The van der Waals surface area contributed by atoms with Crippen LogP contribution in [0.3, 0.4) is 0 Å². The van der Waals surface area contributed by atoms with E-state index in [-0.39, 0.29) is 0 Å². The molecular weight excluding hydrogens is 326 g/mol. The number of benzene rings is 2. The van der Waals surface area contributed by atoms with Crippen LogP contribution >= 0.6 is 0 Å². The van der Waals surface area contributed by atoms with Gasteiger partial charge in [-0.3, -0.25) is 4.79 Å². The van der Waals surface area contributed by atoms with E-state index in [0.29, 0.717) is 32.0 Å². The molecule has 1 N–H and O–H groups in total. The highest BCUT2D eigenvalue weighted by molar-refractivity contribution is 5.75. The SMILES string of the molecule is Cc1ccc(C(C)C)c(OCCn2c(CNC=O)nc3ccccc32)c1. The first-order valence-corrected chi connectivity index (χ1v) is 8.94. The highest BCUT2D eigenvalue weighted by Gasteiger charge is 2.12. The number of nitrogens with one attached hydrogen (secondary N) is 1. The molecule has 1 heterocycles. The van der Waals surface area contributed by atoms with Gasteiger partial charge in [0.05, 0.1) is 24.1 Å². The van der Waals surface area contributed by atoms with E-state index in [1.54, 1.807) is 0 Å². The predicted molar refractivity (Wildman–Crippen MR) is 103 cm³/mol. The molecular formula is C21H25N3O2. The van der Waals surface area contributed by atoms with E-state index >= 15 is 0 Å². The lowest BCUT2D eigenvalue weighted by Crippen LogP contribution is -2.17. The van der Waals surface area contributed by atoms with E-state index in [4.69, 9.17) is 4.74 Å². The lowest BCUT2D eigenvalue weighted by molar-refractivity contribution is -0.109. The van der Waals surface area contributed by atoms with Crippen LogP contribution in [0.15, 0.2) is 42.5 Å². The van der Waals surface area contributed by atoms with E-state index in [2.05, 4.69) is 53.8 Å². The molecule has 0 aliphatic heterocycles. The summed E-state index contributed by atoms with van der Waals surface area (Å²) in [5.41, 5.74) is 4.38. The summed E-state index contributed by atoms with van der Waals surface area (Å²) in [6, 6.07) is 14.3. The van der Waals surface area contributed by atoms with Crippen molar-refractivity contribution in [3.8, 4) is 5.75 Å². The Morgan fingerprint density at radius 2 is 2.04 bits per heavy atom. The van der Waals surface area contributed by atoms with Gasteiger partial charge in [0.2, 0.25) is 6.41 Å². The second-order valence-corrected chi connectivity index (χ2v) is 6.71. The van der Waals surface area contributed by atoms with Crippen molar-refractivity contribution < 1.29 is 9.53 Å². The zero-order chi connectivity index (χ0) is 18.5. The molecule has 0 fully saturated rings. The minimum atomic E-state index is 0.403. The molecule has 2 aromatic carbocycles. The van der Waals surface area contributed by atoms with E-state index in [1.165, 1.54) is 11.1 Å². The van der Waals surface area contributed by atoms with Crippen LogP contribution in [-0.2, 0) is 17.9 Å². The molecule has 0 atom stereocenters. The summed E-state index contributed by atoms with van der Waals surface area (Å²) in [6.07, 6.45) is 0.696. The first-order valence-electron chi connectivity index (χ1n) is 8.94. The monoisotopic (exact) mass is 351 g/mol. The van der Waals surface area contributed by atoms with Gasteiger partial charge in [0, 0.05) is 0 Å². The van der Waals surface area contributed by atoms with Crippen LogP contribution in [0.1, 0.15) is 36.7 Å². The summed E-state index contributed by atoms with van der Waals surface area (Å²) in [6.45, 7) is 8.02. The third kappa shape index (κ3) is 3.87. The molecule has 0 aliphatic carbocycles. The average Bonchev–Trinajstić information content (AvgIpc) is 2.97. The normalized spacial score (nSPS) is 11.1. The third-order valence-electron chi connectivity index (χ3n) is 4.44. The molecule has 0 saturated heterocycles. The van der Waals surface area contributed by atoms with Gasteiger partial charge in [0.1, 0.15) is 18.2 Å². The van der Waals surface area contributed by atoms with Gasteiger partial charge in [-0.2, -0.15) is 0 Å². The molecule has 0 saturated carbocycles. The second-order valence-electron chi connectivity index (χ2n) is 6.71. The molecule has 26 heavy (non-hydrogen) atoms. The van der Waals surface area contributed by atoms with Crippen LogP contribution in [0.2, 0.25) is 0 Å². The van der Waals surface area contributed by atoms with Crippen LogP contribution in [0.4, 0.5) is 0 Å². The summed E-state index contributed by atoms with van der Waals surface area (Å²) < 4.78 is 8.23. The van der Waals surface area contributed by atoms with Crippen molar-refractivity contribution in [3.05, 3.63) is 59.4 Å². The first kappa shape index (κ1) is 18.0. The second kappa shape index (κ2) is 8.04. The average molecular weight is 351 g/mol. The minimum absolute atomic E-state index is 0.403. The van der Waals surface area contributed by atoms with Crippen molar-refractivity contribution in [1.82, 2.24) is 14.9 Å². The Hall–Kier alpha value is -2.82. The summed E-state index contributed by atoms with van der Waals surface area (Å²) in [5.74, 6) is 2.18. The van der Waals surface area contributed by atoms with E-state index < -0.39 is 0 Å². The summed E-state index contributed by atoms with van der Waals surface area (Å²) in [4.78, 5) is 15.3. The highest BCUT2D eigenvalue weighted by Crippen LogP contribution is 2.27. The fourth-order valence-corrected chi connectivity index (χ4v) is 3.13. The van der Waals surface area contributed by atoms with Crippen molar-refractivity contribution in [2.24, 2.45) is 0 Å². The van der Waals surface area contributed by atoms with Crippen LogP contribution in [0.5, 0.6) is 5.75 Å². The number of hydrogen-bond acceptors (Lipinski definition) is 3. The standard InChI is InChI=1S/C21H25N3O2/c1-15(2)17-9-8-16(3)12-20(17)26-11-10-24-19-7-5-4-6-18(19)23-21(24)13-22-14-25/h4-9,12,14-15H,10-11,13H2,1-3H3,(H,22,25). The maximum atomic E-state index is 10.7. The number of hydrogen-bond donors (Lipinski definition) is 1. The quantitative estimate of drug-likeness (QED) is 0.628. The molecule has 1 amide bonds. The van der Waals surface area contributed by atoms with Crippen molar-refractivity contribution >= 4 is 17.4 Å². The minimum Gasteiger partial charge on any atom is -0.491 e. The van der Waals surface area contributed by atoms with Crippen LogP contribution in [0.25, 0.3) is 11.0 Å². The zero-order valence-electron chi connectivity index (χ0n) is 15.5. The number of para-hydroxylation sites is 2. The third-order valence-corrected chi connectivity index (χ3v) is 4.44. The lowest BCUT2D eigenvalue weighted by atomic mass is 10.0. The Morgan fingerprint density at radius 3 is 2.81 bits per heavy atom. The van der Waals surface area contributed by atoms with E-state index in [9.17, 15) is 4.79 Å². The predicted octanol–water partition coefficient (Wildman–Crippen LogP) is 3.79. The van der Waals surface area contributed by atoms with Crippen molar-refractivity contribution in [3.63, 3.8) is 0 Å². The number of ether oxygens (including phenoxy) is 1. The lowest BCUT2D eigenvalue weighted by Gasteiger charge is -2.16. The van der Waals surface area contributed by atoms with E-state index in [1.807, 2.05) is 24.3 Å². The molecule has 3 rings (SSSR count). The van der Waals surface area contributed by atoms with Crippen molar-refractivity contribution in [1.29, 1.82) is 0 Å². The van der Waals surface area contributed by atoms with Gasteiger partial charge in [-0.1, -0.05) is 38.1 Å². The summed E-state index contributed by atoms with van der Waals surface area (Å²) >= 11 is 0. The molecule has 0 unspecified atom stereocenters. The fourth-order valence-electron chi connectivity index (χ4n) is 3.13. The smallest absolute Gasteiger partial charge is 0.207 e. The summed E-state index contributed by atoms with van der Waals surface area (Å²) in [7, 11) is 0. The number of fused-ring (bicyclic) bond motifs is 1. The van der Waals surface area contributed by atoms with Gasteiger partial charge >= 0.3 is 0 Å². The maximum absolute atomic E-state index is 10.7. The molecule has 136 valence electrons. The van der Waals surface area contributed by atoms with Crippen LogP contribution < -0.4 is 10.1 Å². The van der Waals surface area contributed by atoms with Gasteiger partial charge in [-0.15, -0.1) is 0 Å². The number of imidazole rings is 1. The summed E-state index contributed by atoms with van der Waals surface area (Å²) in [5, 5.41) is 2.70. The number of nitrogens with zero attached hydrogens (tertiary/aromatic N) is 2. The molecule has 1 aromatic heterocycles. The topological polar surface area (TPSA) is 56.1 Å². The van der Waals surface area contributed by atoms with Crippen LogP contribution in [-0.4, -0.2) is 22.6 Å². The number of aryl methyl sites for hydroxylation is 1. The van der Waals surface area contributed by atoms with Crippen molar-refractivity contribution in [2.45, 2.75) is 39.8 Å². The van der Waals surface area contributed by atoms with Gasteiger partial charge in [0.15, 0.2) is 0 Å². The molecule has 0 radical (unpaired) electrons. The van der Waals surface area contributed by atoms with Gasteiger partial charge in [-0.05, 0) is 42.2 Å². The molecule has 3 aromatic rings. The largest absolute Gasteiger partial charge is 0.491 e. The Balaban J connectivity index is 1.80. The maximum Gasteiger partial charge on any atom is 0.207 e. The van der Waals surface area contributed by atoms with Gasteiger partial charge in [0.25, 0.3) is 0 Å². The number of amides is 1. The van der Waals surface area contributed by atoms with Gasteiger partial charge < -0.3 is 14.6 Å². The Kier molecular flexibility index (Phi) is 5.56. The number of carbonyl (C=O) groups is 1. The molecule has 0 bridgehead atoms. The molecule has 0 aliphatic rings. The van der Waals surface area contributed by atoms with E-state index in [0.717, 1.165) is 22.6 Å². The van der Waals surface area contributed by atoms with Gasteiger partial charge in [-0.25, -0.2) is 4.98 Å². The highest BCUT2D eigenvalue weighted by atomic mass is 16.5. The number of carbonyl (C=O) groups excluding carboxylic acids is 1. The Morgan fingerprint density at radius 1 is 1.23 bits per heavy atom. The molecule has 5 nitrogen and oxygen atoms in total. The number of aromatic nitrogens is 2. The Labute approximate surface area is 154 Å². The number of rotatable bonds is 8. The molecule has 0 spiro atoms. The fraction of sp³-hybridized carbons (Fsp3) is 0.333. The molecule has 5 heteroatoms. The van der Waals surface area contributed by atoms with Crippen molar-refractivity contribution in [2.75, 3.05) is 6.61 Å². The first-order chi connectivity index (χ1) is 12.6. The Bertz CT molecular complexity index is 899. The van der Waals surface area contributed by atoms with Crippen LogP contribution in [0, 0.1) is 6.92 Å². The zero-order valence-corrected chi connectivity index (χ0v) is 15.5.